The summed E-state index contributed by atoms with van der Waals surface area (Å²) in [7, 11) is 1.66. The van der Waals surface area contributed by atoms with Crippen LogP contribution in [0.3, 0.4) is 0 Å². The highest BCUT2D eigenvalue weighted by Crippen LogP contribution is 2.34. The maximum atomic E-state index is 6.23. The third-order valence-corrected chi connectivity index (χ3v) is 4.46. The number of ether oxygens (including phenoxy) is 1. The van der Waals surface area contributed by atoms with Crippen LogP contribution in [0.15, 0.2) is 78.9 Å². The molecule has 0 amide bonds. The number of para-hydroxylation sites is 2. The molecule has 26 heavy (non-hydrogen) atoms. The van der Waals surface area contributed by atoms with Crippen LogP contribution in [-0.2, 0) is 0 Å². The first kappa shape index (κ1) is 16.4. The summed E-state index contributed by atoms with van der Waals surface area (Å²) < 4.78 is 5.43. The molecule has 4 aromatic rings. The van der Waals surface area contributed by atoms with E-state index in [1.165, 1.54) is 0 Å². The Bertz CT molecular complexity index is 1060. The lowest BCUT2D eigenvalue weighted by molar-refractivity contribution is 0.417. The highest BCUT2D eigenvalue weighted by Gasteiger charge is 2.10. The van der Waals surface area contributed by atoms with E-state index >= 15 is 0 Å². The number of anilines is 2. The first-order valence-electron chi connectivity index (χ1n) is 8.30. The second kappa shape index (κ2) is 7.06. The zero-order chi connectivity index (χ0) is 17.9. The fourth-order valence-electron chi connectivity index (χ4n) is 3.00. The molecule has 3 aromatic carbocycles. The van der Waals surface area contributed by atoms with Crippen LogP contribution in [0, 0.1) is 0 Å². The zero-order valence-corrected chi connectivity index (χ0v) is 15.0. The number of hydrogen-bond donors (Lipinski definition) is 1. The molecule has 4 heteroatoms. The monoisotopic (exact) mass is 360 g/mol. The van der Waals surface area contributed by atoms with Gasteiger partial charge in [-0.3, -0.25) is 0 Å². The van der Waals surface area contributed by atoms with Gasteiger partial charge >= 0.3 is 0 Å². The first-order valence-corrected chi connectivity index (χ1v) is 8.68. The van der Waals surface area contributed by atoms with Gasteiger partial charge in [0.25, 0.3) is 0 Å². The second-order valence-corrected chi connectivity index (χ2v) is 6.34. The van der Waals surface area contributed by atoms with Gasteiger partial charge in [-0.1, -0.05) is 54.1 Å². The molecule has 1 N–H and O–H groups in total. The molecular formula is C22H17ClN2O. The van der Waals surface area contributed by atoms with Crippen LogP contribution in [0.5, 0.6) is 5.75 Å². The Morgan fingerprint density at radius 1 is 0.885 bits per heavy atom. The Hall–Kier alpha value is -3.04. The van der Waals surface area contributed by atoms with Crippen molar-refractivity contribution in [1.82, 2.24) is 4.98 Å². The van der Waals surface area contributed by atoms with Gasteiger partial charge in [-0.25, -0.2) is 4.98 Å². The minimum atomic E-state index is 0.696. The summed E-state index contributed by atoms with van der Waals surface area (Å²) in [4.78, 5) is 4.75. The predicted molar refractivity (Wildman–Crippen MR) is 108 cm³/mol. The summed E-state index contributed by atoms with van der Waals surface area (Å²) in [6, 6.07) is 25.8. The van der Waals surface area contributed by atoms with E-state index in [4.69, 9.17) is 21.3 Å². The van der Waals surface area contributed by atoms with Crippen molar-refractivity contribution in [2.24, 2.45) is 0 Å². The molecular weight excluding hydrogens is 344 g/mol. The lowest BCUT2D eigenvalue weighted by Gasteiger charge is -2.14. The normalized spacial score (nSPS) is 10.7. The number of pyridine rings is 1. The van der Waals surface area contributed by atoms with E-state index < -0.39 is 0 Å². The standard InChI is InChI=1S/C22H17ClN2O/c1-26-21-10-6-5-9-20(21)25-22-14-17(15-7-3-2-4-8-15)18-13-16(23)11-12-19(18)24-22/h2-14H,1H3,(H,24,25). The SMILES string of the molecule is COc1ccccc1Nc1cc(-c2ccccc2)c2cc(Cl)ccc2n1. The Labute approximate surface area is 157 Å². The second-order valence-electron chi connectivity index (χ2n) is 5.91. The van der Waals surface area contributed by atoms with Gasteiger partial charge in [0, 0.05) is 10.4 Å². The Morgan fingerprint density at radius 3 is 2.46 bits per heavy atom. The van der Waals surface area contributed by atoms with Gasteiger partial charge < -0.3 is 10.1 Å². The molecule has 0 saturated heterocycles. The number of methoxy groups -OCH3 is 1. The molecule has 0 fully saturated rings. The summed E-state index contributed by atoms with van der Waals surface area (Å²) in [5.74, 6) is 1.52. The van der Waals surface area contributed by atoms with Gasteiger partial charge in [0.05, 0.1) is 18.3 Å². The Morgan fingerprint density at radius 2 is 1.65 bits per heavy atom. The molecule has 1 heterocycles. The molecule has 0 aliphatic heterocycles. The number of nitrogens with zero attached hydrogens (tertiary/aromatic N) is 1. The topological polar surface area (TPSA) is 34.1 Å². The summed E-state index contributed by atoms with van der Waals surface area (Å²) in [5, 5.41) is 5.09. The first-order chi connectivity index (χ1) is 12.7. The van der Waals surface area contributed by atoms with E-state index in [1.807, 2.05) is 66.7 Å². The average molecular weight is 361 g/mol. The van der Waals surface area contributed by atoms with Crippen molar-refractivity contribution in [2.75, 3.05) is 12.4 Å². The predicted octanol–water partition coefficient (Wildman–Crippen LogP) is 6.31. The maximum Gasteiger partial charge on any atom is 0.142 e. The smallest absolute Gasteiger partial charge is 0.142 e. The van der Waals surface area contributed by atoms with E-state index in [1.54, 1.807) is 7.11 Å². The molecule has 0 radical (unpaired) electrons. The number of hydrogen-bond acceptors (Lipinski definition) is 3. The summed E-state index contributed by atoms with van der Waals surface area (Å²) in [6.07, 6.45) is 0. The molecule has 4 rings (SSSR count). The van der Waals surface area contributed by atoms with Crippen LogP contribution in [0.4, 0.5) is 11.5 Å². The van der Waals surface area contributed by atoms with Gasteiger partial charge in [0.2, 0.25) is 0 Å². The van der Waals surface area contributed by atoms with Crippen molar-refractivity contribution < 1.29 is 4.74 Å². The number of rotatable bonds is 4. The molecule has 0 saturated carbocycles. The molecule has 0 atom stereocenters. The number of benzene rings is 3. The van der Waals surface area contributed by atoms with Gasteiger partial charge in [0.1, 0.15) is 11.6 Å². The third kappa shape index (κ3) is 3.22. The minimum Gasteiger partial charge on any atom is -0.495 e. The largest absolute Gasteiger partial charge is 0.495 e. The third-order valence-electron chi connectivity index (χ3n) is 4.23. The molecule has 1 aromatic heterocycles. The van der Waals surface area contributed by atoms with Gasteiger partial charge in [-0.15, -0.1) is 0 Å². The maximum absolute atomic E-state index is 6.23. The van der Waals surface area contributed by atoms with Crippen molar-refractivity contribution in [1.29, 1.82) is 0 Å². The van der Waals surface area contributed by atoms with Crippen molar-refractivity contribution in [3.05, 3.63) is 83.9 Å². The Kier molecular flexibility index (Phi) is 4.46. The van der Waals surface area contributed by atoms with Crippen molar-refractivity contribution >= 4 is 34.0 Å². The number of fused-ring (bicyclic) bond motifs is 1. The minimum absolute atomic E-state index is 0.696. The van der Waals surface area contributed by atoms with Crippen LogP contribution in [-0.4, -0.2) is 12.1 Å². The number of nitrogens with one attached hydrogen (secondary N) is 1. The molecule has 0 aliphatic rings. The molecule has 128 valence electrons. The van der Waals surface area contributed by atoms with E-state index in [2.05, 4.69) is 17.4 Å². The van der Waals surface area contributed by atoms with Crippen LogP contribution in [0.25, 0.3) is 22.0 Å². The van der Waals surface area contributed by atoms with Gasteiger partial charge in [-0.05, 0) is 47.5 Å². The van der Waals surface area contributed by atoms with Crippen molar-refractivity contribution in [2.45, 2.75) is 0 Å². The Balaban J connectivity index is 1.88. The molecule has 0 bridgehead atoms. The van der Waals surface area contributed by atoms with Gasteiger partial charge in [0.15, 0.2) is 0 Å². The number of halogens is 1. The van der Waals surface area contributed by atoms with Crippen LogP contribution < -0.4 is 10.1 Å². The zero-order valence-electron chi connectivity index (χ0n) is 14.2. The van der Waals surface area contributed by atoms with E-state index in [9.17, 15) is 0 Å². The van der Waals surface area contributed by atoms with Crippen LogP contribution in [0.2, 0.25) is 5.02 Å². The van der Waals surface area contributed by atoms with E-state index in [0.717, 1.165) is 39.3 Å². The fraction of sp³-hybridized carbons (Fsp3) is 0.0455. The van der Waals surface area contributed by atoms with E-state index in [0.29, 0.717) is 5.02 Å². The lowest BCUT2D eigenvalue weighted by Crippen LogP contribution is -1.98. The average Bonchev–Trinajstić information content (AvgIpc) is 2.69. The summed E-state index contributed by atoms with van der Waals surface area (Å²) in [6.45, 7) is 0. The highest BCUT2D eigenvalue weighted by molar-refractivity contribution is 6.31. The fourth-order valence-corrected chi connectivity index (χ4v) is 3.18. The number of aromatic nitrogens is 1. The summed E-state index contributed by atoms with van der Waals surface area (Å²) in [5.41, 5.74) is 3.95. The van der Waals surface area contributed by atoms with Crippen molar-refractivity contribution in [3.8, 4) is 16.9 Å². The molecule has 3 nitrogen and oxygen atoms in total. The van der Waals surface area contributed by atoms with E-state index in [-0.39, 0.29) is 0 Å². The highest BCUT2D eigenvalue weighted by atomic mass is 35.5. The summed E-state index contributed by atoms with van der Waals surface area (Å²) >= 11 is 6.23. The molecule has 0 aliphatic carbocycles. The van der Waals surface area contributed by atoms with Crippen LogP contribution in [0.1, 0.15) is 0 Å². The van der Waals surface area contributed by atoms with Gasteiger partial charge in [-0.2, -0.15) is 0 Å². The van der Waals surface area contributed by atoms with Crippen molar-refractivity contribution in [3.63, 3.8) is 0 Å². The lowest BCUT2D eigenvalue weighted by atomic mass is 10.0. The molecule has 0 spiro atoms. The van der Waals surface area contributed by atoms with Crippen LogP contribution >= 0.6 is 11.6 Å². The molecule has 0 unspecified atom stereocenters. The quantitative estimate of drug-likeness (QED) is 0.463.